The van der Waals surface area contributed by atoms with E-state index in [1.807, 2.05) is 37.3 Å². The number of fused-ring (bicyclic) bond motifs is 1. The number of anilines is 1. The third kappa shape index (κ3) is 4.04. The summed E-state index contributed by atoms with van der Waals surface area (Å²) in [6, 6.07) is 19.3. The zero-order valence-electron chi connectivity index (χ0n) is 15.8. The first kappa shape index (κ1) is 19.6. The molecule has 0 N–H and O–H groups in total. The van der Waals surface area contributed by atoms with Crippen molar-refractivity contribution in [3.63, 3.8) is 0 Å². The third-order valence-electron chi connectivity index (χ3n) is 4.70. The van der Waals surface area contributed by atoms with Crippen LogP contribution in [-0.2, 0) is 16.6 Å². The lowest BCUT2D eigenvalue weighted by Crippen LogP contribution is -2.31. The molecular formula is C22H20ClNO4S. The Balaban J connectivity index is 1.79. The first-order valence-electron chi connectivity index (χ1n) is 9.17. The predicted molar refractivity (Wildman–Crippen MR) is 113 cm³/mol. The summed E-state index contributed by atoms with van der Waals surface area (Å²) in [5, 5.41) is 0.516. The Kier molecular flexibility index (Phi) is 5.39. The summed E-state index contributed by atoms with van der Waals surface area (Å²) in [5.74, 6) is 0.974. The maximum absolute atomic E-state index is 13.6. The molecule has 3 aromatic carbocycles. The Morgan fingerprint density at radius 3 is 2.34 bits per heavy atom. The number of nitrogens with zero attached hydrogens (tertiary/aromatic N) is 1. The first-order chi connectivity index (χ1) is 13.9. The van der Waals surface area contributed by atoms with Gasteiger partial charge >= 0.3 is 0 Å². The molecule has 0 bridgehead atoms. The molecular weight excluding hydrogens is 410 g/mol. The molecule has 0 saturated heterocycles. The van der Waals surface area contributed by atoms with E-state index < -0.39 is 10.0 Å². The van der Waals surface area contributed by atoms with E-state index in [0.717, 1.165) is 11.1 Å². The smallest absolute Gasteiger partial charge is 0.264 e. The number of halogens is 1. The van der Waals surface area contributed by atoms with Gasteiger partial charge in [0.1, 0.15) is 13.2 Å². The van der Waals surface area contributed by atoms with Crippen LogP contribution in [0.3, 0.4) is 0 Å². The monoisotopic (exact) mass is 429 g/mol. The molecule has 1 aliphatic heterocycles. The average molecular weight is 430 g/mol. The number of aryl methyl sites for hydroxylation is 1. The lowest BCUT2D eigenvalue weighted by Gasteiger charge is -2.26. The maximum Gasteiger partial charge on any atom is 0.264 e. The summed E-state index contributed by atoms with van der Waals surface area (Å²) < 4.78 is 39.7. The summed E-state index contributed by atoms with van der Waals surface area (Å²) in [6.45, 7) is 2.90. The Bertz CT molecular complexity index is 1130. The van der Waals surface area contributed by atoms with Crippen molar-refractivity contribution in [2.75, 3.05) is 17.5 Å². The zero-order chi connectivity index (χ0) is 20.4. The SMILES string of the molecule is Cc1ccc(N(Cc2ccccc2Cl)S(=O)(=O)c2ccc3c(c2)OCCO3)cc1. The molecule has 0 saturated carbocycles. The van der Waals surface area contributed by atoms with Gasteiger partial charge in [0.2, 0.25) is 0 Å². The van der Waals surface area contributed by atoms with Gasteiger partial charge in [-0.3, -0.25) is 4.31 Å². The summed E-state index contributed by atoms with van der Waals surface area (Å²) in [4.78, 5) is 0.134. The molecule has 0 spiro atoms. The van der Waals surface area contributed by atoms with Crippen molar-refractivity contribution in [1.82, 2.24) is 0 Å². The van der Waals surface area contributed by atoms with Gasteiger partial charge in [0.15, 0.2) is 11.5 Å². The Hall–Kier alpha value is -2.70. The number of ether oxygens (including phenoxy) is 2. The minimum Gasteiger partial charge on any atom is -0.486 e. The molecule has 0 unspecified atom stereocenters. The van der Waals surface area contributed by atoms with Crippen LogP contribution in [0.15, 0.2) is 71.6 Å². The van der Waals surface area contributed by atoms with Gasteiger partial charge in [-0.2, -0.15) is 0 Å². The molecule has 1 heterocycles. The van der Waals surface area contributed by atoms with Gasteiger partial charge in [0.25, 0.3) is 10.0 Å². The molecule has 0 atom stereocenters. The van der Waals surface area contributed by atoms with Crippen molar-refractivity contribution < 1.29 is 17.9 Å². The van der Waals surface area contributed by atoms with E-state index >= 15 is 0 Å². The number of hydrogen-bond donors (Lipinski definition) is 0. The van der Waals surface area contributed by atoms with E-state index in [-0.39, 0.29) is 11.4 Å². The summed E-state index contributed by atoms with van der Waals surface area (Å²) in [6.07, 6.45) is 0. The summed E-state index contributed by atoms with van der Waals surface area (Å²) in [5.41, 5.74) is 2.32. The van der Waals surface area contributed by atoms with E-state index in [4.69, 9.17) is 21.1 Å². The van der Waals surface area contributed by atoms with Crippen LogP contribution in [0.5, 0.6) is 11.5 Å². The Morgan fingerprint density at radius 1 is 0.931 bits per heavy atom. The maximum atomic E-state index is 13.6. The molecule has 0 fully saturated rings. The average Bonchev–Trinajstić information content (AvgIpc) is 2.73. The number of sulfonamides is 1. The van der Waals surface area contributed by atoms with Crippen LogP contribution < -0.4 is 13.8 Å². The lowest BCUT2D eigenvalue weighted by molar-refractivity contribution is 0.171. The zero-order valence-corrected chi connectivity index (χ0v) is 17.4. The summed E-state index contributed by atoms with van der Waals surface area (Å²) in [7, 11) is -3.88. The molecule has 0 amide bonds. The van der Waals surface area contributed by atoms with E-state index in [0.29, 0.717) is 35.4 Å². The third-order valence-corrected chi connectivity index (χ3v) is 6.83. The van der Waals surface area contributed by atoms with Crippen molar-refractivity contribution >= 4 is 27.3 Å². The highest BCUT2D eigenvalue weighted by molar-refractivity contribution is 7.92. The van der Waals surface area contributed by atoms with Gasteiger partial charge in [-0.15, -0.1) is 0 Å². The topological polar surface area (TPSA) is 55.8 Å². The summed E-state index contributed by atoms with van der Waals surface area (Å²) >= 11 is 6.31. The van der Waals surface area contributed by atoms with Crippen LogP contribution in [0.25, 0.3) is 0 Å². The van der Waals surface area contributed by atoms with Gasteiger partial charge in [-0.05, 0) is 42.8 Å². The van der Waals surface area contributed by atoms with Crippen LogP contribution in [0.4, 0.5) is 5.69 Å². The van der Waals surface area contributed by atoms with Gasteiger partial charge in [-0.25, -0.2) is 8.42 Å². The van der Waals surface area contributed by atoms with Crippen LogP contribution in [0.2, 0.25) is 5.02 Å². The van der Waals surface area contributed by atoms with E-state index in [1.54, 1.807) is 24.3 Å². The largest absolute Gasteiger partial charge is 0.486 e. The normalized spacial score (nSPS) is 13.2. The highest BCUT2D eigenvalue weighted by atomic mass is 35.5. The van der Waals surface area contributed by atoms with Crippen molar-refractivity contribution in [3.8, 4) is 11.5 Å². The van der Waals surface area contributed by atoms with Crippen LogP contribution in [0.1, 0.15) is 11.1 Å². The standard InChI is InChI=1S/C22H20ClNO4S/c1-16-6-8-18(9-7-16)24(15-17-4-2-3-5-20(17)23)29(25,26)19-10-11-21-22(14-19)28-13-12-27-21/h2-11,14H,12-13,15H2,1H3. The molecule has 1 aliphatic rings. The van der Waals surface area contributed by atoms with Crippen LogP contribution in [0, 0.1) is 6.92 Å². The molecule has 150 valence electrons. The highest BCUT2D eigenvalue weighted by Gasteiger charge is 2.27. The molecule has 3 aromatic rings. The van der Waals surface area contributed by atoms with E-state index in [1.165, 1.54) is 16.4 Å². The second kappa shape index (κ2) is 7.97. The fraction of sp³-hybridized carbons (Fsp3) is 0.182. The van der Waals surface area contributed by atoms with Crippen molar-refractivity contribution in [2.24, 2.45) is 0 Å². The highest BCUT2D eigenvalue weighted by Crippen LogP contribution is 2.35. The number of benzene rings is 3. The van der Waals surface area contributed by atoms with E-state index in [2.05, 4.69) is 0 Å². The fourth-order valence-corrected chi connectivity index (χ4v) is 4.77. The minimum atomic E-state index is -3.88. The molecule has 4 rings (SSSR count). The Labute approximate surface area is 175 Å². The molecule has 0 aliphatic carbocycles. The molecule has 7 heteroatoms. The van der Waals surface area contributed by atoms with Crippen molar-refractivity contribution in [2.45, 2.75) is 18.4 Å². The number of rotatable bonds is 5. The van der Waals surface area contributed by atoms with Crippen molar-refractivity contribution in [3.05, 3.63) is 82.9 Å². The lowest BCUT2D eigenvalue weighted by atomic mass is 10.2. The van der Waals surface area contributed by atoms with Gasteiger partial charge in [-0.1, -0.05) is 47.5 Å². The number of hydrogen-bond acceptors (Lipinski definition) is 4. The predicted octanol–water partition coefficient (Wildman–Crippen LogP) is 4.82. The molecule has 5 nitrogen and oxygen atoms in total. The Morgan fingerprint density at radius 2 is 1.62 bits per heavy atom. The van der Waals surface area contributed by atoms with Gasteiger partial charge in [0.05, 0.1) is 17.1 Å². The van der Waals surface area contributed by atoms with Crippen LogP contribution >= 0.6 is 11.6 Å². The van der Waals surface area contributed by atoms with Gasteiger partial charge in [0, 0.05) is 11.1 Å². The van der Waals surface area contributed by atoms with E-state index in [9.17, 15) is 8.42 Å². The first-order valence-corrected chi connectivity index (χ1v) is 11.0. The van der Waals surface area contributed by atoms with Crippen molar-refractivity contribution in [1.29, 1.82) is 0 Å². The minimum absolute atomic E-state index is 0.111. The quantitative estimate of drug-likeness (QED) is 0.583. The molecule has 29 heavy (non-hydrogen) atoms. The second-order valence-electron chi connectivity index (χ2n) is 6.74. The molecule has 0 radical (unpaired) electrons. The second-order valence-corrected chi connectivity index (χ2v) is 9.01. The van der Waals surface area contributed by atoms with Crippen LogP contribution in [-0.4, -0.2) is 21.6 Å². The fourth-order valence-electron chi connectivity index (χ4n) is 3.12. The van der Waals surface area contributed by atoms with Gasteiger partial charge < -0.3 is 9.47 Å². The molecule has 0 aromatic heterocycles.